The van der Waals surface area contributed by atoms with Crippen LogP contribution in [-0.4, -0.2) is 23.6 Å². The summed E-state index contributed by atoms with van der Waals surface area (Å²) in [5.74, 6) is -1.46. The zero-order chi connectivity index (χ0) is 12.9. The van der Waals surface area contributed by atoms with Crippen molar-refractivity contribution in [2.24, 2.45) is 11.1 Å². The van der Waals surface area contributed by atoms with Crippen LogP contribution in [0, 0.1) is 5.41 Å². The van der Waals surface area contributed by atoms with Gasteiger partial charge in [-0.3, -0.25) is 9.59 Å². The third-order valence-corrected chi connectivity index (χ3v) is 2.63. The van der Waals surface area contributed by atoms with Crippen LogP contribution in [0.15, 0.2) is 30.3 Å². The number of nitrogens with two attached hydrogens (primary N) is 1. The third kappa shape index (κ3) is 3.21. The summed E-state index contributed by atoms with van der Waals surface area (Å²) in [7, 11) is 0. The third-order valence-electron chi connectivity index (χ3n) is 2.63. The maximum absolute atomic E-state index is 11.1. The van der Waals surface area contributed by atoms with Crippen molar-refractivity contribution in [1.29, 1.82) is 0 Å². The molecule has 0 spiro atoms. The number of hydrogen-bond donors (Lipinski definition) is 2. The summed E-state index contributed by atoms with van der Waals surface area (Å²) < 4.78 is 5.33. The number of carbonyl (C=O) groups excluding carboxylic acids is 1. The summed E-state index contributed by atoms with van der Waals surface area (Å²) in [4.78, 5) is 22.0. The van der Waals surface area contributed by atoms with E-state index in [0.29, 0.717) is 5.75 Å². The molecular weight excluding hydrogens is 222 g/mol. The van der Waals surface area contributed by atoms with Crippen LogP contribution in [0.4, 0.5) is 0 Å². The highest BCUT2D eigenvalue weighted by molar-refractivity contribution is 6.00. The number of amides is 1. The van der Waals surface area contributed by atoms with Crippen LogP contribution in [0.2, 0.25) is 0 Å². The Morgan fingerprint density at radius 2 is 1.94 bits per heavy atom. The Balaban J connectivity index is 2.55. The normalized spacial score (nSPS) is 13.7. The molecule has 92 valence electrons. The second-order valence-electron chi connectivity index (χ2n) is 3.91. The molecule has 0 aliphatic carbocycles. The molecule has 5 nitrogen and oxygen atoms in total. The molecule has 0 saturated carbocycles. The second-order valence-corrected chi connectivity index (χ2v) is 3.91. The topological polar surface area (TPSA) is 89.6 Å². The molecule has 5 heteroatoms. The van der Waals surface area contributed by atoms with E-state index in [1.54, 1.807) is 24.3 Å². The van der Waals surface area contributed by atoms with Gasteiger partial charge in [0.05, 0.1) is 6.61 Å². The van der Waals surface area contributed by atoms with E-state index in [1.165, 1.54) is 6.92 Å². The summed E-state index contributed by atoms with van der Waals surface area (Å²) in [6.45, 7) is 1.42. The summed E-state index contributed by atoms with van der Waals surface area (Å²) in [5.41, 5.74) is 3.49. The van der Waals surface area contributed by atoms with Gasteiger partial charge in [-0.15, -0.1) is 0 Å². The number of para-hydroxylation sites is 1. The van der Waals surface area contributed by atoms with E-state index in [0.717, 1.165) is 0 Å². The molecule has 0 bridgehead atoms. The number of aliphatic carboxylic acids is 1. The maximum Gasteiger partial charge on any atom is 0.319 e. The average Bonchev–Trinajstić information content (AvgIpc) is 2.29. The van der Waals surface area contributed by atoms with Gasteiger partial charge in [0.1, 0.15) is 11.2 Å². The van der Waals surface area contributed by atoms with E-state index in [1.807, 2.05) is 6.07 Å². The van der Waals surface area contributed by atoms with Crippen molar-refractivity contribution in [3.05, 3.63) is 30.3 Å². The van der Waals surface area contributed by atoms with E-state index >= 15 is 0 Å². The Hall–Kier alpha value is -2.04. The van der Waals surface area contributed by atoms with Crippen molar-refractivity contribution in [1.82, 2.24) is 0 Å². The fraction of sp³-hybridized carbons (Fsp3) is 0.333. The van der Waals surface area contributed by atoms with Crippen LogP contribution < -0.4 is 10.5 Å². The molecule has 1 atom stereocenters. The first-order valence-electron chi connectivity index (χ1n) is 5.18. The zero-order valence-corrected chi connectivity index (χ0v) is 9.55. The Morgan fingerprint density at radius 1 is 1.35 bits per heavy atom. The van der Waals surface area contributed by atoms with Crippen molar-refractivity contribution in [2.45, 2.75) is 13.3 Å². The molecular formula is C12H15NO4. The van der Waals surface area contributed by atoms with Crippen LogP contribution in [0.5, 0.6) is 5.75 Å². The molecule has 0 aliphatic rings. The minimum absolute atomic E-state index is 0.0343. The Morgan fingerprint density at radius 3 is 2.41 bits per heavy atom. The van der Waals surface area contributed by atoms with Crippen LogP contribution in [0.1, 0.15) is 13.3 Å². The summed E-state index contributed by atoms with van der Waals surface area (Å²) in [6, 6.07) is 8.96. The number of ether oxygens (including phenoxy) is 1. The molecule has 3 N–H and O–H groups in total. The smallest absolute Gasteiger partial charge is 0.319 e. The molecule has 1 amide bonds. The van der Waals surface area contributed by atoms with Crippen molar-refractivity contribution in [3.8, 4) is 5.75 Å². The highest BCUT2D eigenvalue weighted by Crippen LogP contribution is 2.21. The van der Waals surface area contributed by atoms with Crippen molar-refractivity contribution in [3.63, 3.8) is 0 Å². The predicted octanol–water partition coefficient (Wildman–Crippen LogP) is 1.03. The highest BCUT2D eigenvalue weighted by Gasteiger charge is 2.39. The number of rotatable bonds is 6. The van der Waals surface area contributed by atoms with Gasteiger partial charge in [0.25, 0.3) is 0 Å². The number of primary amides is 1. The Bertz CT molecular complexity index is 388. The van der Waals surface area contributed by atoms with Gasteiger partial charge in [-0.25, -0.2) is 0 Å². The number of carboxylic acids is 1. The highest BCUT2D eigenvalue weighted by atomic mass is 16.5. The van der Waals surface area contributed by atoms with Crippen LogP contribution in [0.3, 0.4) is 0 Å². The minimum Gasteiger partial charge on any atom is -0.494 e. The first-order chi connectivity index (χ1) is 7.97. The lowest BCUT2D eigenvalue weighted by Gasteiger charge is -2.20. The lowest BCUT2D eigenvalue weighted by Crippen LogP contribution is -2.42. The van der Waals surface area contributed by atoms with Gasteiger partial charge in [-0.2, -0.15) is 0 Å². The molecule has 0 saturated heterocycles. The zero-order valence-electron chi connectivity index (χ0n) is 9.55. The van der Waals surface area contributed by atoms with Crippen molar-refractivity contribution in [2.75, 3.05) is 6.61 Å². The largest absolute Gasteiger partial charge is 0.494 e. The quantitative estimate of drug-likeness (QED) is 0.723. The lowest BCUT2D eigenvalue weighted by atomic mass is 9.86. The van der Waals surface area contributed by atoms with Gasteiger partial charge in [0, 0.05) is 6.42 Å². The van der Waals surface area contributed by atoms with Gasteiger partial charge in [0.2, 0.25) is 5.91 Å². The molecule has 1 aromatic rings. The second kappa shape index (κ2) is 5.34. The van der Waals surface area contributed by atoms with Crippen LogP contribution >= 0.6 is 0 Å². The standard InChI is InChI=1S/C12H15NO4/c1-12(10(13)14,11(15)16)7-8-17-9-5-3-2-4-6-9/h2-6H,7-8H2,1H3,(H2,13,14)(H,15,16). The number of benzene rings is 1. The fourth-order valence-electron chi connectivity index (χ4n) is 1.23. The number of carboxylic acid groups (broad SMARTS) is 1. The Kier molecular flexibility index (Phi) is 4.09. The van der Waals surface area contributed by atoms with Gasteiger partial charge in [-0.05, 0) is 19.1 Å². The summed E-state index contributed by atoms with van der Waals surface area (Å²) in [5, 5.41) is 8.94. The molecule has 1 aromatic carbocycles. The summed E-state index contributed by atoms with van der Waals surface area (Å²) in [6.07, 6.45) is 0.0343. The van der Waals surface area contributed by atoms with Gasteiger partial charge >= 0.3 is 5.97 Å². The van der Waals surface area contributed by atoms with Crippen LogP contribution in [0.25, 0.3) is 0 Å². The van der Waals surface area contributed by atoms with E-state index in [2.05, 4.69) is 0 Å². The molecule has 1 rings (SSSR count). The molecule has 0 heterocycles. The molecule has 17 heavy (non-hydrogen) atoms. The van der Waals surface area contributed by atoms with Gasteiger partial charge < -0.3 is 15.6 Å². The maximum atomic E-state index is 11.1. The Labute approximate surface area is 99.2 Å². The van der Waals surface area contributed by atoms with Crippen molar-refractivity contribution >= 4 is 11.9 Å². The molecule has 0 fully saturated rings. The fourth-order valence-corrected chi connectivity index (χ4v) is 1.23. The molecule has 0 aromatic heterocycles. The van der Waals surface area contributed by atoms with Gasteiger partial charge in [-0.1, -0.05) is 18.2 Å². The number of hydrogen-bond acceptors (Lipinski definition) is 3. The molecule has 1 unspecified atom stereocenters. The molecule has 0 aliphatic heterocycles. The monoisotopic (exact) mass is 237 g/mol. The van der Waals surface area contributed by atoms with E-state index < -0.39 is 17.3 Å². The van der Waals surface area contributed by atoms with E-state index in [-0.39, 0.29) is 13.0 Å². The van der Waals surface area contributed by atoms with E-state index in [4.69, 9.17) is 15.6 Å². The van der Waals surface area contributed by atoms with Gasteiger partial charge in [0.15, 0.2) is 0 Å². The van der Waals surface area contributed by atoms with Crippen LogP contribution in [-0.2, 0) is 9.59 Å². The van der Waals surface area contributed by atoms with Crippen molar-refractivity contribution < 1.29 is 19.4 Å². The minimum atomic E-state index is -1.59. The van der Waals surface area contributed by atoms with E-state index in [9.17, 15) is 9.59 Å². The summed E-state index contributed by atoms with van der Waals surface area (Å²) >= 11 is 0. The average molecular weight is 237 g/mol. The predicted molar refractivity (Wildman–Crippen MR) is 61.5 cm³/mol. The first-order valence-corrected chi connectivity index (χ1v) is 5.18. The SMILES string of the molecule is CC(CCOc1ccccc1)(C(N)=O)C(=O)O. The first kappa shape index (κ1) is 13.0. The lowest BCUT2D eigenvalue weighted by molar-refractivity contribution is -0.154. The number of carbonyl (C=O) groups is 2. The molecule has 0 radical (unpaired) electrons.